The van der Waals surface area contributed by atoms with Gasteiger partial charge in [0.15, 0.2) is 0 Å². The van der Waals surface area contributed by atoms with Crippen LogP contribution in [0.25, 0.3) is 0 Å². The van der Waals surface area contributed by atoms with Crippen LogP contribution in [0.1, 0.15) is 58.9 Å². The van der Waals surface area contributed by atoms with Crippen LogP contribution in [0.4, 0.5) is 0 Å². The maximum Gasteiger partial charge on any atom is 0.122 e. The molecule has 1 aromatic rings. The number of phenols is 2. The fourth-order valence-corrected chi connectivity index (χ4v) is 8.15. The van der Waals surface area contributed by atoms with Crippen molar-refractivity contribution < 1.29 is 10.2 Å². The number of hydrogen-bond donors (Lipinski definition) is 2. The lowest BCUT2D eigenvalue weighted by molar-refractivity contribution is 0.407. The molecule has 0 spiro atoms. The quantitative estimate of drug-likeness (QED) is 0.496. The molecule has 0 fully saturated rings. The zero-order chi connectivity index (χ0) is 18.8. The Morgan fingerprint density at radius 2 is 1.64 bits per heavy atom. The van der Waals surface area contributed by atoms with Crippen molar-refractivity contribution in [2.45, 2.75) is 71.5 Å². The molecule has 0 aromatic heterocycles. The highest BCUT2D eigenvalue weighted by molar-refractivity contribution is 6.91. The summed E-state index contributed by atoms with van der Waals surface area (Å²) in [6.45, 7) is 15.1. The first-order valence-electron chi connectivity index (χ1n) is 9.68. The van der Waals surface area contributed by atoms with Crippen LogP contribution in [0, 0.1) is 5.92 Å². The predicted molar refractivity (Wildman–Crippen MR) is 111 cm³/mol. The Hall–Kier alpha value is -1.48. The zero-order valence-corrected chi connectivity index (χ0v) is 17.5. The number of benzene rings is 1. The Kier molecular flexibility index (Phi) is 6.20. The largest absolute Gasteiger partial charge is 0.508 e. The molecule has 0 unspecified atom stereocenters. The standard InChI is InChI=1S/C22H34O2Si/c1-7-25(8-2,9-3)17-13-20(23)22(21(24)14-17)19-12-16(6)10-11-18(19)15(4)5/h12-14,18-19,23-24H,4,7-11H2,1-3,5-6H3/t18-,19+/m1/s1. The molecular weight excluding hydrogens is 324 g/mol. The van der Waals surface area contributed by atoms with E-state index in [1.807, 2.05) is 12.1 Å². The van der Waals surface area contributed by atoms with E-state index in [9.17, 15) is 10.2 Å². The van der Waals surface area contributed by atoms with Crippen molar-refractivity contribution in [2.24, 2.45) is 5.92 Å². The van der Waals surface area contributed by atoms with Crippen LogP contribution >= 0.6 is 0 Å². The molecule has 0 aliphatic heterocycles. The summed E-state index contributed by atoms with van der Waals surface area (Å²) >= 11 is 0. The van der Waals surface area contributed by atoms with Crippen molar-refractivity contribution in [1.82, 2.24) is 0 Å². The average Bonchev–Trinajstić information content (AvgIpc) is 2.56. The second kappa shape index (κ2) is 7.82. The molecular formula is C22H34O2Si. The molecule has 2 nitrogen and oxygen atoms in total. The van der Waals surface area contributed by atoms with Gasteiger partial charge in [-0.3, -0.25) is 0 Å². The molecule has 3 heteroatoms. The van der Waals surface area contributed by atoms with Gasteiger partial charge in [-0.05, 0) is 44.7 Å². The molecule has 0 saturated heterocycles. The normalized spacial score (nSPS) is 21.1. The molecule has 25 heavy (non-hydrogen) atoms. The first kappa shape index (κ1) is 19.8. The van der Waals surface area contributed by atoms with E-state index >= 15 is 0 Å². The summed E-state index contributed by atoms with van der Waals surface area (Å²) in [5.74, 6) is 0.798. The van der Waals surface area contributed by atoms with Gasteiger partial charge < -0.3 is 10.2 Å². The van der Waals surface area contributed by atoms with E-state index < -0.39 is 8.07 Å². The maximum atomic E-state index is 10.9. The lowest BCUT2D eigenvalue weighted by atomic mass is 9.74. The van der Waals surface area contributed by atoms with Crippen LogP contribution < -0.4 is 5.19 Å². The first-order valence-corrected chi connectivity index (χ1v) is 12.3. The minimum Gasteiger partial charge on any atom is -0.508 e. The van der Waals surface area contributed by atoms with E-state index in [4.69, 9.17) is 0 Å². The van der Waals surface area contributed by atoms with E-state index in [0.29, 0.717) is 5.56 Å². The van der Waals surface area contributed by atoms with E-state index in [2.05, 4.69) is 47.3 Å². The number of allylic oxidation sites excluding steroid dienone is 3. The van der Waals surface area contributed by atoms with Crippen molar-refractivity contribution in [3.8, 4) is 11.5 Å². The monoisotopic (exact) mass is 358 g/mol. The molecule has 138 valence electrons. The van der Waals surface area contributed by atoms with Crippen LogP contribution in [-0.2, 0) is 0 Å². The van der Waals surface area contributed by atoms with Crippen LogP contribution in [-0.4, -0.2) is 18.3 Å². The second-order valence-electron chi connectivity index (χ2n) is 7.80. The third-order valence-electron chi connectivity index (χ3n) is 6.49. The maximum absolute atomic E-state index is 10.9. The SMILES string of the molecule is C=C(C)[C@H]1CCC(C)=C[C@@H]1c1c(O)cc([Si](CC)(CC)CC)cc1O. The molecule has 0 amide bonds. The summed E-state index contributed by atoms with van der Waals surface area (Å²) in [5, 5.41) is 22.9. The Morgan fingerprint density at radius 1 is 1.12 bits per heavy atom. The Balaban J connectivity index is 2.57. The number of aromatic hydroxyl groups is 2. The van der Waals surface area contributed by atoms with Crippen molar-refractivity contribution in [3.05, 3.63) is 41.5 Å². The molecule has 0 radical (unpaired) electrons. The highest BCUT2D eigenvalue weighted by Gasteiger charge is 2.34. The number of rotatable bonds is 6. The van der Waals surface area contributed by atoms with Crippen LogP contribution in [0.3, 0.4) is 0 Å². The van der Waals surface area contributed by atoms with Crippen molar-refractivity contribution in [1.29, 1.82) is 0 Å². The minimum absolute atomic E-state index is 0.0150. The van der Waals surface area contributed by atoms with Gasteiger partial charge in [0, 0.05) is 11.5 Å². The highest BCUT2D eigenvalue weighted by atomic mass is 28.3. The molecule has 0 heterocycles. The van der Waals surface area contributed by atoms with E-state index in [0.717, 1.165) is 36.5 Å². The molecule has 1 aromatic carbocycles. The third-order valence-corrected chi connectivity index (χ3v) is 12.1. The van der Waals surface area contributed by atoms with Crippen LogP contribution in [0.15, 0.2) is 35.9 Å². The Labute approximate surface area is 154 Å². The van der Waals surface area contributed by atoms with Gasteiger partial charge in [-0.15, -0.1) is 0 Å². The fourth-order valence-electron chi connectivity index (χ4n) is 4.54. The third kappa shape index (κ3) is 3.71. The lowest BCUT2D eigenvalue weighted by Crippen LogP contribution is -2.45. The van der Waals surface area contributed by atoms with Gasteiger partial charge in [-0.25, -0.2) is 0 Å². The summed E-state index contributed by atoms with van der Waals surface area (Å²) < 4.78 is 0. The molecule has 1 aliphatic rings. The summed E-state index contributed by atoms with van der Waals surface area (Å²) in [7, 11) is -1.63. The van der Waals surface area contributed by atoms with Crippen LogP contribution in [0.5, 0.6) is 11.5 Å². The Bertz CT molecular complexity index is 639. The molecule has 1 aliphatic carbocycles. The van der Waals surface area contributed by atoms with E-state index in [1.54, 1.807) is 0 Å². The molecule has 2 N–H and O–H groups in total. The van der Waals surface area contributed by atoms with E-state index in [-0.39, 0.29) is 23.3 Å². The van der Waals surface area contributed by atoms with E-state index in [1.165, 1.54) is 10.8 Å². The van der Waals surface area contributed by atoms with Gasteiger partial charge in [0.25, 0.3) is 0 Å². The van der Waals surface area contributed by atoms with Gasteiger partial charge in [-0.2, -0.15) is 0 Å². The summed E-state index contributed by atoms with van der Waals surface area (Å²) in [5.41, 5.74) is 3.13. The highest BCUT2D eigenvalue weighted by Crippen LogP contribution is 2.46. The smallest absolute Gasteiger partial charge is 0.122 e. The summed E-state index contributed by atoms with van der Waals surface area (Å²) in [4.78, 5) is 0. The van der Waals surface area contributed by atoms with Gasteiger partial charge >= 0.3 is 0 Å². The van der Waals surface area contributed by atoms with Gasteiger partial charge in [0.2, 0.25) is 0 Å². The second-order valence-corrected chi connectivity index (χ2v) is 13.1. The van der Waals surface area contributed by atoms with Crippen LogP contribution in [0.2, 0.25) is 18.1 Å². The number of phenolic OH excluding ortho intramolecular Hbond substituents is 2. The molecule has 2 atom stereocenters. The van der Waals surface area contributed by atoms with Crippen molar-refractivity contribution in [3.63, 3.8) is 0 Å². The Morgan fingerprint density at radius 3 is 2.08 bits per heavy atom. The number of hydrogen-bond acceptors (Lipinski definition) is 2. The molecule has 0 saturated carbocycles. The summed E-state index contributed by atoms with van der Waals surface area (Å²) in [6.07, 6.45) is 4.30. The molecule has 0 bridgehead atoms. The minimum atomic E-state index is -1.63. The average molecular weight is 359 g/mol. The fraction of sp³-hybridized carbons (Fsp3) is 0.545. The van der Waals surface area contributed by atoms with Gasteiger partial charge in [-0.1, -0.05) is 67.9 Å². The molecule has 2 rings (SSSR count). The van der Waals surface area contributed by atoms with Crippen molar-refractivity contribution in [2.75, 3.05) is 0 Å². The zero-order valence-electron chi connectivity index (χ0n) is 16.5. The first-order chi connectivity index (χ1) is 11.8. The lowest BCUT2D eigenvalue weighted by Gasteiger charge is -2.33. The summed E-state index contributed by atoms with van der Waals surface area (Å²) in [6, 6.07) is 7.30. The van der Waals surface area contributed by atoms with Crippen molar-refractivity contribution >= 4 is 13.3 Å². The predicted octanol–water partition coefficient (Wildman–Crippen LogP) is 5.83. The van der Waals surface area contributed by atoms with Gasteiger partial charge in [0.05, 0.1) is 8.07 Å². The topological polar surface area (TPSA) is 40.5 Å². The van der Waals surface area contributed by atoms with Gasteiger partial charge in [0.1, 0.15) is 11.5 Å².